The Bertz CT molecular complexity index is 1150. The molecule has 6 nitrogen and oxygen atoms in total. The van der Waals surface area contributed by atoms with E-state index in [1.165, 1.54) is 29.8 Å². The van der Waals surface area contributed by atoms with Crippen molar-refractivity contribution < 1.29 is 22.8 Å². The Hall–Kier alpha value is -2.98. The molecule has 3 rings (SSSR count). The first kappa shape index (κ1) is 23.7. The minimum atomic E-state index is -4.65. The molecule has 0 atom stereocenters. The average Bonchev–Trinajstić information content (AvgIpc) is 3.22. The van der Waals surface area contributed by atoms with Gasteiger partial charge in [-0.3, -0.25) is 14.2 Å². The topological polar surface area (TPSA) is 67.2 Å². The van der Waals surface area contributed by atoms with E-state index in [2.05, 4.69) is 10.3 Å². The van der Waals surface area contributed by atoms with Crippen molar-refractivity contribution in [1.29, 1.82) is 0 Å². The van der Waals surface area contributed by atoms with Gasteiger partial charge in [-0.25, -0.2) is 4.98 Å². The third kappa shape index (κ3) is 5.43. The maximum atomic E-state index is 13.0. The monoisotopic (exact) mass is 482 g/mol. The number of imidazole rings is 1. The Morgan fingerprint density at radius 3 is 2.66 bits per heavy atom. The molecule has 32 heavy (non-hydrogen) atoms. The maximum absolute atomic E-state index is 13.0. The Balaban J connectivity index is 1.70. The Morgan fingerprint density at radius 1 is 1.22 bits per heavy atom. The zero-order valence-corrected chi connectivity index (χ0v) is 18.6. The molecule has 0 fully saturated rings. The number of hydrogen-bond donors (Lipinski definition) is 1. The second kappa shape index (κ2) is 9.66. The summed E-state index contributed by atoms with van der Waals surface area (Å²) in [4.78, 5) is 30.5. The average molecular weight is 483 g/mol. The van der Waals surface area contributed by atoms with E-state index in [0.29, 0.717) is 5.56 Å². The van der Waals surface area contributed by atoms with Crippen molar-refractivity contribution in [3.63, 3.8) is 0 Å². The number of hydrogen-bond acceptors (Lipinski definition) is 4. The van der Waals surface area contributed by atoms with E-state index in [1.807, 2.05) is 16.9 Å². The lowest BCUT2D eigenvalue weighted by molar-refractivity contribution is -0.137. The number of amides is 2. The van der Waals surface area contributed by atoms with E-state index < -0.39 is 28.6 Å². The summed E-state index contributed by atoms with van der Waals surface area (Å²) in [5.74, 6) is -1.06. The molecule has 0 unspecified atom stereocenters. The second-order valence-corrected chi connectivity index (χ2v) is 7.92. The molecular formula is C21H18ClF3N4O2S. The molecule has 0 aliphatic heterocycles. The molecule has 0 aliphatic rings. The molecule has 0 saturated carbocycles. The van der Waals surface area contributed by atoms with Gasteiger partial charge >= 0.3 is 6.18 Å². The highest BCUT2D eigenvalue weighted by molar-refractivity contribution is 7.98. The number of alkyl halides is 3. The van der Waals surface area contributed by atoms with E-state index >= 15 is 0 Å². The second-order valence-electron chi connectivity index (χ2n) is 6.74. The molecule has 0 bridgehead atoms. The van der Waals surface area contributed by atoms with Crippen LogP contribution in [0.15, 0.2) is 60.0 Å². The highest BCUT2D eigenvalue weighted by atomic mass is 35.5. The van der Waals surface area contributed by atoms with Crippen molar-refractivity contribution in [2.24, 2.45) is 0 Å². The number of carbonyl (C=O) groups is 2. The molecule has 168 valence electrons. The number of nitrogens with zero attached hydrogens (tertiary/aromatic N) is 3. The third-order valence-corrected chi connectivity index (χ3v) is 5.44. The quantitative estimate of drug-likeness (QED) is 0.503. The number of thioether (sulfide) groups is 1. The normalized spacial score (nSPS) is 11.3. The van der Waals surface area contributed by atoms with Crippen LogP contribution >= 0.6 is 23.4 Å². The van der Waals surface area contributed by atoms with Gasteiger partial charge in [0.2, 0.25) is 5.91 Å². The van der Waals surface area contributed by atoms with Gasteiger partial charge < -0.3 is 10.2 Å². The van der Waals surface area contributed by atoms with Crippen molar-refractivity contribution in [3.05, 3.63) is 71.0 Å². The number of carbonyl (C=O) groups excluding carboxylic acids is 2. The number of nitrogens with one attached hydrogen (secondary N) is 1. The molecule has 0 saturated heterocycles. The van der Waals surface area contributed by atoms with Crippen LogP contribution in [0.3, 0.4) is 0 Å². The summed E-state index contributed by atoms with van der Waals surface area (Å²) in [6, 6.07) is 9.89. The first-order chi connectivity index (χ1) is 15.1. The van der Waals surface area contributed by atoms with E-state index in [1.54, 1.807) is 30.6 Å². The predicted octanol–water partition coefficient (Wildman–Crippen LogP) is 4.98. The van der Waals surface area contributed by atoms with Crippen LogP contribution in [0.5, 0.6) is 0 Å². The summed E-state index contributed by atoms with van der Waals surface area (Å²) >= 11 is 7.04. The largest absolute Gasteiger partial charge is 0.417 e. The molecule has 2 aromatic carbocycles. The van der Waals surface area contributed by atoms with Gasteiger partial charge in [0, 0.05) is 36.4 Å². The predicted molar refractivity (Wildman–Crippen MR) is 117 cm³/mol. The Morgan fingerprint density at radius 2 is 1.97 bits per heavy atom. The summed E-state index contributed by atoms with van der Waals surface area (Å²) in [6.07, 6.45) is 0.658. The van der Waals surface area contributed by atoms with Gasteiger partial charge in [0.05, 0.1) is 17.1 Å². The molecule has 11 heteroatoms. The van der Waals surface area contributed by atoms with E-state index in [9.17, 15) is 22.8 Å². The molecular weight excluding hydrogens is 465 g/mol. The number of rotatable bonds is 6. The summed E-state index contributed by atoms with van der Waals surface area (Å²) in [5, 5.41) is 2.65. The highest BCUT2D eigenvalue weighted by Crippen LogP contribution is 2.36. The van der Waals surface area contributed by atoms with Gasteiger partial charge in [0.1, 0.15) is 0 Å². The van der Waals surface area contributed by atoms with E-state index in [0.717, 1.165) is 23.0 Å². The highest BCUT2D eigenvalue weighted by Gasteiger charge is 2.33. The van der Waals surface area contributed by atoms with Crippen LogP contribution in [0.2, 0.25) is 5.02 Å². The van der Waals surface area contributed by atoms with Gasteiger partial charge in [-0.15, -0.1) is 0 Å². The first-order valence-electron chi connectivity index (χ1n) is 9.20. The molecule has 1 aromatic heterocycles. The molecule has 0 aliphatic carbocycles. The van der Waals surface area contributed by atoms with Crippen LogP contribution in [0.25, 0.3) is 5.69 Å². The van der Waals surface area contributed by atoms with Crippen LogP contribution < -0.4 is 5.32 Å². The standard InChI is InChI=1S/C21H18ClF3N4O2S/c1-28(12-18(30)27-14-6-7-17(22)16(11-14)21(23,24)25)19(31)13-4-3-5-15(10-13)29-9-8-26-20(29)32-2/h3-11H,12H2,1-2H3,(H,27,30). The van der Waals surface area contributed by atoms with Gasteiger partial charge in [0.25, 0.3) is 5.91 Å². The van der Waals surface area contributed by atoms with Crippen molar-refractivity contribution in [3.8, 4) is 5.69 Å². The fourth-order valence-corrected chi connectivity index (χ4v) is 3.71. The minimum absolute atomic E-state index is 0.0701. The first-order valence-corrected chi connectivity index (χ1v) is 10.8. The summed E-state index contributed by atoms with van der Waals surface area (Å²) < 4.78 is 40.8. The van der Waals surface area contributed by atoms with E-state index in [4.69, 9.17) is 11.6 Å². The lowest BCUT2D eigenvalue weighted by atomic mass is 10.1. The number of halogens is 4. The molecule has 0 radical (unpaired) electrons. The summed E-state index contributed by atoms with van der Waals surface area (Å²) in [5.41, 5.74) is -0.0394. The van der Waals surface area contributed by atoms with Crippen molar-refractivity contribution in [2.45, 2.75) is 11.3 Å². The van der Waals surface area contributed by atoms with Crippen LogP contribution in [0, 0.1) is 0 Å². The van der Waals surface area contributed by atoms with Crippen LogP contribution in [0.4, 0.5) is 18.9 Å². The molecule has 2 amide bonds. The summed E-state index contributed by atoms with van der Waals surface area (Å²) in [6.45, 7) is -0.353. The summed E-state index contributed by atoms with van der Waals surface area (Å²) in [7, 11) is 1.43. The molecule has 1 N–H and O–H groups in total. The molecule has 1 heterocycles. The van der Waals surface area contributed by atoms with Crippen LogP contribution in [-0.4, -0.2) is 46.1 Å². The number of anilines is 1. The van der Waals surface area contributed by atoms with Crippen molar-refractivity contribution in [2.75, 3.05) is 25.2 Å². The zero-order chi connectivity index (χ0) is 23.5. The fourth-order valence-electron chi connectivity index (χ4n) is 2.95. The number of benzene rings is 2. The number of likely N-dealkylation sites (N-methyl/N-ethyl adjacent to an activating group) is 1. The SMILES string of the molecule is CSc1nccn1-c1cccc(C(=O)N(C)CC(=O)Nc2ccc(Cl)c(C(F)(F)F)c2)c1. The minimum Gasteiger partial charge on any atom is -0.332 e. The van der Waals surface area contributed by atoms with Gasteiger partial charge in [-0.05, 0) is 42.7 Å². The molecule has 3 aromatic rings. The van der Waals surface area contributed by atoms with Crippen LogP contribution in [0.1, 0.15) is 15.9 Å². The lowest BCUT2D eigenvalue weighted by Gasteiger charge is -2.18. The molecule has 0 spiro atoms. The Kier molecular flexibility index (Phi) is 7.15. The van der Waals surface area contributed by atoms with Crippen molar-refractivity contribution >= 4 is 40.9 Å². The Labute approximate surface area is 191 Å². The fraction of sp³-hybridized carbons (Fsp3) is 0.190. The van der Waals surface area contributed by atoms with E-state index in [-0.39, 0.29) is 12.2 Å². The van der Waals surface area contributed by atoms with Gasteiger partial charge in [0.15, 0.2) is 5.16 Å². The van der Waals surface area contributed by atoms with Crippen molar-refractivity contribution in [1.82, 2.24) is 14.5 Å². The maximum Gasteiger partial charge on any atom is 0.417 e. The van der Waals surface area contributed by atoms with Crippen LogP contribution in [-0.2, 0) is 11.0 Å². The third-order valence-electron chi connectivity index (χ3n) is 4.44. The van der Waals surface area contributed by atoms with Gasteiger partial charge in [-0.1, -0.05) is 29.4 Å². The number of aromatic nitrogens is 2. The zero-order valence-electron chi connectivity index (χ0n) is 17.0. The van der Waals surface area contributed by atoms with Gasteiger partial charge in [-0.2, -0.15) is 13.2 Å². The lowest BCUT2D eigenvalue weighted by Crippen LogP contribution is -2.35. The smallest absolute Gasteiger partial charge is 0.332 e.